The number of benzene rings is 3. The highest BCUT2D eigenvalue weighted by molar-refractivity contribution is 7.99. The fourth-order valence-electron chi connectivity index (χ4n) is 3.70. The molecule has 0 atom stereocenters. The molecule has 1 heterocycles. The predicted molar refractivity (Wildman–Crippen MR) is 143 cm³/mol. The molecule has 0 radical (unpaired) electrons. The van der Waals surface area contributed by atoms with Gasteiger partial charge in [-0.05, 0) is 60.5 Å². The van der Waals surface area contributed by atoms with Crippen molar-refractivity contribution in [2.45, 2.75) is 42.6 Å². The Morgan fingerprint density at radius 3 is 2.32 bits per heavy atom. The minimum Gasteiger partial charge on any atom is -0.366 e. The molecule has 0 fully saturated rings. The quantitative estimate of drug-likeness (QED) is 0.237. The SMILES string of the molecule is CCCCN(Cc1cncn1Cc1ccc(C#N)cc1)c1ccc(Sc2ccccc2)cc1.Cl. The van der Waals surface area contributed by atoms with Crippen LogP contribution >= 0.6 is 24.2 Å². The van der Waals surface area contributed by atoms with E-state index in [0.717, 1.165) is 38.0 Å². The van der Waals surface area contributed by atoms with Gasteiger partial charge in [-0.15, -0.1) is 12.4 Å². The van der Waals surface area contributed by atoms with Crippen molar-refractivity contribution in [2.75, 3.05) is 11.4 Å². The maximum absolute atomic E-state index is 9.03. The molecule has 0 saturated heterocycles. The lowest BCUT2D eigenvalue weighted by atomic mass is 10.1. The predicted octanol–water partition coefficient (Wildman–Crippen LogP) is 7.18. The molecule has 0 N–H and O–H groups in total. The first kappa shape index (κ1) is 25.4. The molecule has 6 heteroatoms. The lowest BCUT2D eigenvalue weighted by molar-refractivity contribution is 0.671. The van der Waals surface area contributed by atoms with E-state index in [1.807, 2.05) is 42.9 Å². The lowest BCUT2D eigenvalue weighted by Crippen LogP contribution is -2.25. The number of halogens is 1. The van der Waals surface area contributed by atoms with Gasteiger partial charge in [-0.2, -0.15) is 5.26 Å². The molecule has 0 unspecified atom stereocenters. The zero-order chi connectivity index (χ0) is 22.9. The van der Waals surface area contributed by atoms with E-state index < -0.39 is 0 Å². The minimum absolute atomic E-state index is 0. The van der Waals surface area contributed by atoms with Gasteiger partial charge in [0.05, 0.1) is 30.2 Å². The Labute approximate surface area is 212 Å². The van der Waals surface area contributed by atoms with Gasteiger partial charge in [-0.3, -0.25) is 0 Å². The summed E-state index contributed by atoms with van der Waals surface area (Å²) in [6.07, 6.45) is 6.15. The standard InChI is InChI=1S/C28H28N4S.ClH/c1-2-3-17-31(25-13-15-28(16-14-25)33-27-7-5-4-6-8-27)21-26-19-30-22-32(26)20-24-11-9-23(18-29)10-12-24;/h4-16,19,22H,2-3,17,20-21H2,1H3;1H. The zero-order valence-corrected chi connectivity index (χ0v) is 20.9. The van der Waals surface area contributed by atoms with Gasteiger partial charge in [0, 0.05) is 34.8 Å². The molecule has 0 aliphatic rings. The van der Waals surface area contributed by atoms with Crippen molar-refractivity contribution in [3.05, 3.63) is 108 Å². The van der Waals surface area contributed by atoms with Crippen LogP contribution < -0.4 is 4.90 Å². The lowest BCUT2D eigenvalue weighted by Gasteiger charge is -2.25. The highest BCUT2D eigenvalue weighted by Crippen LogP contribution is 2.29. The van der Waals surface area contributed by atoms with Crippen molar-refractivity contribution in [1.29, 1.82) is 5.26 Å². The average Bonchev–Trinajstić information content (AvgIpc) is 3.30. The summed E-state index contributed by atoms with van der Waals surface area (Å²) in [6.45, 7) is 4.79. The van der Waals surface area contributed by atoms with Gasteiger partial charge in [0.2, 0.25) is 0 Å². The van der Waals surface area contributed by atoms with Crippen LogP contribution in [0.4, 0.5) is 5.69 Å². The molecule has 0 aliphatic carbocycles. The fourth-order valence-corrected chi connectivity index (χ4v) is 4.53. The van der Waals surface area contributed by atoms with Crippen molar-refractivity contribution in [2.24, 2.45) is 0 Å². The maximum Gasteiger partial charge on any atom is 0.0991 e. The minimum atomic E-state index is 0. The van der Waals surface area contributed by atoms with Crippen LogP contribution in [0.5, 0.6) is 0 Å². The fraction of sp³-hybridized carbons (Fsp3) is 0.214. The Bertz CT molecular complexity index is 1180. The topological polar surface area (TPSA) is 44.9 Å². The Kier molecular flexibility index (Phi) is 9.63. The molecule has 0 aliphatic heterocycles. The van der Waals surface area contributed by atoms with Crippen molar-refractivity contribution in [3.63, 3.8) is 0 Å². The van der Waals surface area contributed by atoms with Gasteiger partial charge in [-0.1, -0.05) is 55.4 Å². The third-order valence-corrected chi connectivity index (χ3v) is 6.57. The Balaban J connectivity index is 0.00000324. The second-order valence-corrected chi connectivity index (χ2v) is 9.15. The highest BCUT2D eigenvalue weighted by Gasteiger charge is 2.11. The third kappa shape index (κ3) is 6.90. The summed E-state index contributed by atoms with van der Waals surface area (Å²) < 4.78 is 2.19. The molecule has 174 valence electrons. The molecule has 34 heavy (non-hydrogen) atoms. The van der Waals surface area contributed by atoms with Gasteiger partial charge in [0.1, 0.15) is 0 Å². The number of hydrogen-bond donors (Lipinski definition) is 0. The second-order valence-electron chi connectivity index (χ2n) is 8.01. The molecule has 0 amide bonds. The maximum atomic E-state index is 9.03. The van der Waals surface area contributed by atoms with E-state index in [9.17, 15) is 0 Å². The average molecular weight is 489 g/mol. The molecular formula is C28H29ClN4S. The smallest absolute Gasteiger partial charge is 0.0991 e. The van der Waals surface area contributed by atoms with Crippen LogP contribution in [0.1, 0.15) is 36.6 Å². The highest BCUT2D eigenvalue weighted by atomic mass is 35.5. The summed E-state index contributed by atoms with van der Waals surface area (Å²) in [6, 6.07) is 29.3. The number of anilines is 1. The van der Waals surface area contributed by atoms with Crippen molar-refractivity contribution in [3.8, 4) is 6.07 Å². The van der Waals surface area contributed by atoms with Gasteiger partial charge in [0.25, 0.3) is 0 Å². The number of hydrogen-bond acceptors (Lipinski definition) is 4. The van der Waals surface area contributed by atoms with Crippen molar-refractivity contribution in [1.82, 2.24) is 9.55 Å². The van der Waals surface area contributed by atoms with E-state index in [2.05, 4.69) is 76.0 Å². The number of unbranched alkanes of at least 4 members (excludes halogenated alkanes) is 1. The van der Waals surface area contributed by atoms with Gasteiger partial charge < -0.3 is 9.47 Å². The Morgan fingerprint density at radius 2 is 1.65 bits per heavy atom. The van der Waals surface area contributed by atoms with Crippen molar-refractivity contribution >= 4 is 29.9 Å². The normalized spacial score (nSPS) is 10.4. The first-order chi connectivity index (χ1) is 16.2. The molecule has 3 aromatic carbocycles. The summed E-state index contributed by atoms with van der Waals surface area (Å²) in [5.41, 5.74) is 4.25. The van der Waals surface area contributed by atoms with E-state index in [0.29, 0.717) is 5.56 Å². The van der Waals surface area contributed by atoms with Crippen LogP contribution in [-0.4, -0.2) is 16.1 Å². The monoisotopic (exact) mass is 488 g/mol. The number of aromatic nitrogens is 2. The van der Waals surface area contributed by atoms with E-state index in [4.69, 9.17) is 5.26 Å². The number of nitriles is 1. The molecule has 4 aromatic rings. The molecule has 0 saturated carbocycles. The molecule has 0 spiro atoms. The van der Waals surface area contributed by atoms with Crippen LogP contribution in [0.2, 0.25) is 0 Å². The van der Waals surface area contributed by atoms with E-state index in [1.54, 1.807) is 11.8 Å². The molecule has 4 nitrogen and oxygen atoms in total. The molecule has 4 rings (SSSR count). The molecule has 0 bridgehead atoms. The van der Waals surface area contributed by atoms with Crippen LogP contribution in [-0.2, 0) is 13.1 Å². The number of nitrogens with zero attached hydrogens (tertiary/aromatic N) is 4. The summed E-state index contributed by atoms with van der Waals surface area (Å²) in [5.74, 6) is 0. The summed E-state index contributed by atoms with van der Waals surface area (Å²) in [7, 11) is 0. The van der Waals surface area contributed by atoms with Crippen LogP contribution in [0, 0.1) is 11.3 Å². The summed E-state index contributed by atoms with van der Waals surface area (Å²) >= 11 is 1.78. The van der Waals surface area contributed by atoms with Gasteiger partial charge >= 0.3 is 0 Å². The van der Waals surface area contributed by atoms with Crippen LogP contribution in [0.15, 0.2) is 101 Å². The third-order valence-electron chi connectivity index (χ3n) is 5.55. The number of imidazole rings is 1. The number of rotatable bonds is 10. The van der Waals surface area contributed by atoms with E-state index in [1.165, 1.54) is 21.2 Å². The van der Waals surface area contributed by atoms with Gasteiger partial charge in [0.15, 0.2) is 0 Å². The second kappa shape index (κ2) is 12.9. The zero-order valence-electron chi connectivity index (χ0n) is 19.3. The summed E-state index contributed by atoms with van der Waals surface area (Å²) in [5, 5.41) is 9.03. The van der Waals surface area contributed by atoms with E-state index >= 15 is 0 Å². The van der Waals surface area contributed by atoms with Crippen LogP contribution in [0.25, 0.3) is 0 Å². The first-order valence-corrected chi connectivity index (χ1v) is 12.1. The first-order valence-electron chi connectivity index (χ1n) is 11.3. The van der Waals surface area contributed by atoms with E-state index in [-0.39, 0.29) is 12.4 Å². The van der Waals surface area contributed by atoms with Gasteiger partial charge in [-0.25, -0.2) is 4.98 Å². The van der Waals surface area contributed by atoms with Crippen LogP contribution in [0.3, 0.4) is 0 Å². The largest absolute Gasteiger partial charge is 0.366 e. The Morgan fingerprint density at radius 1 is 0.941 bits per heavy atom. The van der Waals surface area contributed by atoms with Crippen molar-refractivity contribution < 1.29 is 0 Å². The molecule has 1 aromatic heterocycles. The summed E-state index contributed by atoms with van der Waals surface area (Å²) in [4.78, 5) is 9.35. The Hall–Kier alpha value is -3.20. The molecular weight excluding hydrogens is 460 g/mol.